The highest BCUT2D eigenvalue weighted by Crippen LogP contribution is 2.31. The van der Waals surface area contributed by atoms with Crippen LogP contribution in [0.3, 0.4) is 0 Å². The van der Waals surface area contributed by atoms with Crippen LogP contribution in [0.25, 0.3) is 6.08 Å². The molecule has 0 amide bonds. The Kier molecular flexibility index (Phi) is 5.35. The van der Waals surface area contributed by atoms with Gasteiger partial charge in [-0.1, -0.05) is 28.1 Å². The van der Waals surface area contributed by atoms with Gasteiger partial charge < -0.3 is 14.6 Å². The molecular formula is C12H15BrO3. The summed E-state index contributed by atoms with van der Waals surface area (Å²) in [6, 6.07) is 3.60. The highest BCUT2D eigenvalue weighted by Gasteiger charge is 2.09. The maximum Gasteiger partial charge on any atom is 0.130 e. The molecule has 1 aromatic rings. The summed E-state index contributed by atoms with van der Waals surface area (Å²) in [7, 11) is 3.20. The number of ether oxygens (including phenoxy) is 2. The Hall–Kier alpha value is -1.00. The van der Waals surface area contributed by atoms with E-state index in [0.29, 0.717) is 11.5 Å². The zero-order valence-corrected chi connectivity index (χ0v) is 11.0. The van der Waals surface area contributed by atoms with Crippen molar-refractivity contribution in [3.8, 4) is 11.5 Å². The first-order valence-electron chi connectivity index (χ1n) is 4.85. The smallest absolute Gasteiger partial charge is 0.130 e. The monoisotopic (exact) mass is 286 g/mol. The predicted octanol–water partition coefficient (Wildman–Crippen LogP) is 2.60. The number of hydrogen-bond donors (Lipinski definition) is 1. The molecule has 0 bridgehead atoms. The van der Waals surface area contributed by atoms with Gasteiger partial charge in [-0.05, 0) is 17.7 Å². The molecule has 0 saturated heterocycles. The number of aliphatic hydroxyl groups is 1. The van der Waals surface area contributed by atoms with Crippen molar-refractivity contribution in [2.24, 2.45) is 0 Å². The second-order valence-electron chi connectivity index (χ2n) is 3.13. The average molecular weight is 287 g/mol. The number of aliphatic hydroxyl groups excluding tert-OH is 1. The third-order valence-corrected chi connectivity index (χ3v) is 2.53. The molecule has 0 unspecified atom stereocenters. The van der Waals surface area contributed by atoms with Crippen LogP contribution in [0.2, 0.25) is 0 Å². The molecule has 0 atom stereocenters. The molecule has 1 N–H and O–H groups in total. The Morgan fingerprint density at radius 1 is 1.25 bits per heavy atom. The highest BCUT2D eigenvalue weighted by molar-refractivity contribution is 9.09. The summed E-state index contributed by atoms with van der Waals surface area (Å²) in [6.45, 7) is -0.0326. The minimum absolute atomic E-state index is 0.0326. The van der Waals surface area contributed by atoms with E-state index in [1.54, 1.807) is 26.4 Å². The number of rotatable bonds is 5. The molecule has 0 heterocycles. The first-order chi connectivity index (χ1) is 7.76. The summed E-state index contributed by atoms with van der Waals surface area (Å²) in [5, 5.41) is 9.87. The summed E-state index contributed by atoms with van der Waals surface area (Å²) >= 11 is 3.32. The first kappa shape index (κ1) is 13.1. The van der Waals surface area contributed by atoms with Crippen molar-refractivity contribution in [2.45, 2.75) is 6.61 Å². The van der Waals surface area contributed by atoms with E-state index in [1.807, 2.05) is 12.2 Å². The van der Waals surface area contributed by atoms with Crippen molar-refractivity contribution >= 4 is 22.0 Å². The van der Waals surface area contributed by atoms with Crippen LogP contribution in [0.5, 0.6) is 11.5 Å². The Labute approximate surface area is 104 Å². The number of allylic oxidation sites excluding steroid dienone is 1. The lowest BCUT2D eigenvalue weighted by atomic mass is 10.1. The SMILES string of the molecule is COc1cc(CO)cc(OC)c1C=CCBr. The topological polar surface area (TPSA) is 38.7 Å². The standard InChI is InChI=1S/C12H15BrO3/c1-15-11-6-9(8-14)7-12(16-2)10(11)4-3-5-13/h3-4,6-7,14H,5,8H2,1-2H3. The van der Waals surface area contributed by atoms with Crippen LogP contribution in [0.4, 0.5) is 0 Å². The minimum Gasteiger partial charge on any atom is -0.496 e. The van der Waals surface area contributed by atoms with Crippen LogP contribution >= 0.6 is 15.9 Å². The Bertz CT molecular complexity index is 350. The normalized spacial score (nSPS) is 10.8. The summed E-state index contributed by atoms with van der Waals surface area (Å²) in [4.78, 5) is 0. The van der Waals surface area contributed by atoms with Gasteiger partial charge in [0.1, 0.15) is 11.5 Å². The number of halogens is 1. The summed E-state index contributed by atoms with van der Waals surface area (Å²) in [5.41, 5.74) is 1.64. The van der Waals surface area contributed by atoms with Crippen LogP contribution in [0, 0.1) is 0 Å². The number of alkyl halides is 1. The molecule has 0 aliphatic heterocycles. The lowest BCUT2D eigenvalue weighted by Crippen LogP contribution is -1.95. The maximum atomic E-state index is 9.11. The van der Waals surface area contributed by atoms with Gasteiger partial charge >= 0.3 is 0 Å². The van der Waals surface area contributed by atoms with Gasteiger partial charge in [-0.25, -0.2) is 0 Å². The molecule has 1 aromatic carbocycles. The molecular weight excluding hydrogens is 272 g/mol. The molecule has 0 radical (unpaired) electrons. The van der Waals surface area contributed by atoms with Crippen molar-refractivity contribution in [1.82, 2.24) is 0 Å². The van der Waals surface area contributed by atoms with E-state index < -0.39 is 0 Å². The fraction of sp³-hybridized carbons (Fsp3) is 0.333. The number of benzene rings is 1. The highest BCUT2D eigenvalue weighted by atomic mass is 79.9. The molecule has 0 fully saturated rings. The fourth-order valence-electron chi connectivity index (χ4n) is 1.41. The van der Waals surface area contributed by atoms with E-state index in [9.17, 15) is 0 Å². The van der Waals surface area contributed by atoms with E-state index in [1.165, 1.54) is 0 Å². The summed E-state index contributed by atoms with van der Waals surface area (Å²) < 4.78 is 10.5. The van der Waals surface area contributed by atoms with Crippen molar-refractivity contribution < 1.29 is 14.6 Å². The van der Waals surface area contributed by atoms with Gasteiger partial charge in [-0.3, -0.25) is 0 Å². The predicted molar refractivity (Wildman–Crippen MR) is 68.3 cm³/mol. The Balaban J connectivity index is 3.25. The molecule has 88 valence electrons. The third-order valence-electron chi connectivity index (χ3n) is 2.16. The molecule has 0 aliphatic rings. The fourth-order valence-corrected chi connectivity index (χ4v) is 1.60. The second kappa shape index (κ2) is 6.55. The Morgan fingerprint density at radius 2 is 1.81 bits per heavy atom. The van der Waals surface area contributed by atoms with Crippen LogP contribution in [-0.4, -0.2) is 24.7 Å². The zero-order valence-electron chi connectivity index (χ0n) is 9.37. The molecule has 16 heavy (non-hydrogen) atoms. The van der Waals surface area contributed by atoms with Crippen LogP contribution < -0.4 is 9.47 Å². The van der Waals surface area contributed by atoms with E-state index in [2.05, 4.69) is 15.9 Å². The molecule has 0 aliphatic carbocycles. The van der Waals surface area contributed by atoms with Gasteiger partial charge in [0.2, 0.25) is 0 Å². The average Bonchev–Trinajstić information content (AvgIpc) is 2.35. The van der Waals surface area contributed by atoms with Gasteiger partial charge in [0, 0.05) is 5.33 Å². The first-order valence-corrected chi connectivity index (χ1v) is 5.97. The quantitative estimate of drug-likeness (QED) is 0.846. The molecule has 1 rings (SSSR count). The second-order valence-corrected chi connectivity index (χ2v) is 3.78. The van der Waals surface area contributed by atoms with Crippen molar-refractivity contribution in [3.63, 3.8) is 0 Å². The van der Waals surface area contributed by atoms with Crippen molar-refractivity contribution in [1.29, 1.82) is 0 Å². The van der Waals surface area contributed by atoms with Crippen molar-refractivity contribution in [3.05, 3.63) is 29.3 Å². The van der Waals surface area contributed by atoms with Crippen LogP contribution in [0.15, 0.2) is 18.2 Å². The van der Waals surface area contributed by atoms with Gasteiger partial charge in [0.25, 0.3) is 0 Å². The van der Waals surface area contributed by atoms with Crippen molar-refractivity contribution in [2.75, 3.05) is 19.5 Å². The van der Waals surface area contributed by atoms with Crippen LogP contribution in [-0.2, 0) is 6.61 Å². The molecule has 0 aromatic heterocycles. The van der Waals surface area contributed by atoms with E-state index >= 15 is 0 Å². The van der Waals surface area contributed by atoms with E-state index in [-0.39, 0.29) is 6.61 Å². The van der Waals surface area contributed by atoms with Gasteiger partial charge in [-0.2, -0.15) is 0 Å². The Morgan fingerprint density at radius 3 is 2.19 bits per heavy atom. The van der Waals surface area contributed by atoms with E-state index in [0.717, 1.165) is 16.5 Å². The molecule has 4 heteroatoms. The molecule has 0 spiro atoms. The maximum absolute atomic E-state index is 9.11. The summed E-state index contributed by atoms with van der Waals surface area (Å²) in [6.07, 6.45) is 3.88. The van der Waals surface area contributed by atoms with Gasteiger partial charge in [0.05, 0.1) is 26.4 Å². The number of hydrogen-bond acceptors (Lipinski definition) is 3. The minimum atomic E-state index is -0.0326. The molecule has 0 saturated carbocycles. The molecule has 3 nitrogen and oxygen atoms in total. The largest absolute Gasteiger partial charge is 0.496 e. The lowest BCUT2D eigenvalue weighted by molar-refractivity contribution is 0.280. The zero-order chi connectivity index (χ0) is 12.0. The van der Waals surface area contributed by atoms with Gasteiger partial charge in [-0.15, -0.1) is 0 Å². The van der Waals surface area contributed by atoms with Crippen LogP contribution in [0.1, 0.15) is 11.1 Å². The van der Waals surface area contributed by atoms with E-state index in [4.69, 9.17) is 14.6 Å². The third kappa shape index (κ3) is 3.00. The summed E-state index contributed by atoms with van der Waals surface area (Å²) in [5.74, 6) is 1.39. The lowest BCUT2D eigenvalue weighted by Gasteiger charge is -2.12. The van der Waals surface area contributed by atoms with Gasteiger partial charge in [0.15, 0.2) is 0 Å². The number of methoxy groups -OCH3 is 2.